The lowest BCUT2D eigenvalue weighted by Crippen LogP contribution is -2.60. The molecule has 1 amide bonds. The zero-order valence-electron chi connectivity index (χ0n) is 25.6. The van der Waals surface area contributed by atoms with Crippen LogP contribution in [0.4, 0.5) is 10.2 Å². The molecule has 1 saturated heterocycles. The first-order chi connectivity index (χ1) is 21.4. The van der Waals surface area contributed by atoms with Crippen molar-refractivity contribution in [2.75, 3.05) is 23.7 Å². The molecule has 2 aliphatic rings. The van der Waals surface area contributed by atoms with Gasteiger partial charge in [0.1, 0.15) is 23.7 Å². The number of halogens is 2. The highest BCUT2D eigenvalue weighted by Gasteiger charge is 2.39. The summed E-state index contributed by atoms with van der Waals surface area (Å²) in [6.45, 7) is 14.3. The highest BCUT2D eigenvalue weighted by atomic mass is 35.5. The van der Waals surface area contributed by atoms with Crippen molar-refractivity contribution in [3.8, 4) is 22.7 Å². The molecular formula is C32H33ClFN7O3S. The van der Waals surface area contributed by atoms with Gasteiger partial charge in [-0.05, 0) is 37.0 Å². The first-order valence-corrected chi connectivity index (χ1v) is 16.1. The number of piperazine rings is 1. The van der Waals surface area contributed by atoms with E-state index >= 15 is 4.39 Å². The average molecular weight is 650 g/mol. The highest BCUT2D eigenvalue weighted by Crippen LogP contribution is 2.48. The number of thioether (sulfide) groups is 1. The lowest BCUT2D eigenvalue weighted by atomic mass is 10.0. The van der Waals surface area contributed by atoms with Crippen molar-refractivity contribution in [2.24, 2.45) is 0 Å². The molecule has 234 valence electrons. The molecular weight excluding hydrogens is 617 g/mol. The standard InChI is InChI=1S/C32H33ClFN7O3S/c1-7-21(43)39-12-18-13-45-29-23-30(40(18)11-17(39)6)38-32(44)41(28-25(15(2)3)35-14-36-26(28)16(4)5)31(23)37-27(24(29)33)22-19(34)9-8-10-20(22)42/h7-10,14-18,42H,1,11-13H2,2-6H3. The topological polar surface area (TPSA) is 117 Å². The Morgan fingerprint density at radius 3 is 2.47 bits per heavy atom. The highest BCUT2D eigenvalue weighted by molar-refractivity contribution is 7.99. The smallest absolute Gasteiger partial charge is 0.355 e. The number of pyridine rings is 1. The largest absolute Gasteiger partial charge is 0.507 e. The third kappa shape index (κ3) is 5.04. The monoisotopic (exact) mass is 649 g/mol. The van der Waals surface area contributed by atoms with E-state index in [9.17, 15) is 14.7 Å². The molecule has 0 bridgehead atoms. The first kappa shape index (κ1) is 31.0. The van der Waals surface area contributed by atoms with Crippen LogP contribution < -0.4 is 10.6 Å². The number of rotatable bonds is 5. The van der Waals surface area contributed by atoms with Gasteiger partial charge in [-0.1, -0.05) is 51.9 Å². The summed E-state index contributed by atoms with van der Waals surface area (Å²) >= 11 is 8.50. The van der Waals surface area contributed by atoms with Gasteiger partial charge in [0.05, 0.1) is 44.8 Å². The summed E-state index contributed by atoms with van der Waals surface area (Å²) in [7, 11) is 0. The van der Waals surface area contributed by atoms with E-state index in [1.807, 2.05) is 39.5 Å². The molecule has 2 aliphatic heterocycles. The SMILES string of the molecule is C=CC(=O)N1CC2CSc3c(Cl)c(-c4c(O)cccc4F)nc4c3c(nc(=O)n4-c3c(C(C)C)ncnc3C(C)C)N2CC1C. The number of carbonyl (C=O) groups excluding carboxylic acids is 1. The van der Waals surface area contributed by atoms with Crippen LogP contribution in [0.3, 0.4) is 0 Å². The lowest BCUT2D eigenvalue weighted by molar-refractivity contribution is -0.128. The summed E-state index contributed by atoms with van der Waals surface area (Å²) in [5, 5.41) is 11.5. The Morgan fingerprint density at radius 1 is 1.16 bits per heavy atom. The number of phenols is 1. The van der Waals surface area contributed by atoms with Crippen LogP contribution in [0.15, 0.2) is 46.9 Å². The molecule has 6 rings (SSSR count). The van der Waals surface area contributed by atoms with E-state index in [1.54, 1.807) is 4.90 Å². The molecule has 0 radical (unpaired) electrons. The average Bonchev–Trinajstić information content (AvgIpc) is 3.15. The third-order valence-corrected chi connectivity index (χ3v) is 10.0. The number of hydrogen-bond acceptors (Lipinski definition) is 9. The number of phenolic OH excluding ortho intramolecular Hbond substituents is 1. The maximum Gasteiger partial charge on any atom is 0.355 e. The van der Waals surface area contributed by atoms with Crippen LogP contribution in [0, 0.1) is 5.82 Å². The van der Waals surface area contributed by atoms with Gasteiger partial charge in [-0.25, -0.2) is 28.7 Å². The number of aromatic hydroxyl groups is 1. The van der Waals surface area contributed by atoms with Gasteiger partial charge in [0.2, 0.25) is 5.91 Å². The van der Waals surface area contributed by atoms with Gasteiger partial charge in [-0.3, -0.25) is 4.79 Å². The van der Waals surface area contributed by atoms with Crippen LogP contribution in [0.25, 0.3) is 28.0 Å². The first-order valence-electron chi connectivity index (χ1n) is 14.8. The van der Waals surface area contributed by atoms with Crippen molar-refractivity contribution in [1.29, 1.82) is 0 Å². The zero-order chi connectivity index (χ0) is 32.3. The predicted octanol–water partition coefficient (Wildman–Crippen LogP) is 5.68. The maximum atomic E-state index is 15.4. The summed E-state index contributed by atoms with van der Waals surface area (Å²) < 4.78 is 16.8. The summed E-state index contributed by atoms with van der Waals surface area (Å²) in [5.41, 5.74) is 1.15. The minimum absolute atomic E-state index is 0.00156. The molecule has 4 aromatic rings. The van der Waals surface area contributed by atoms with Crippen molar-refractivity contribution in [1.82, 2.24) is 29.4 Å². The summed E-state index contributed by atoms with van der Waals surface area (Å²) in [4.78, 5) is 50.1. The molecule has 1 fully saturated rings. The van der Waals surface area contributed by atoms with Gasteiger partial charge >= 0.3 is 5.69 Å². The second-order valence-electron chi connectivity index (χ2n) is 12.0. The Morgan fingerprint density at radius 2 is 1.84 bits per heavy atom. The van der Waals surface area contributed by atoms with Crippen molar-refractivity contribution >= 4 is 46.1 Å². The summed E-state index contributed by atoms with van der Waals surface area (Å²) in [6.07, 6.45) is 2.79. The Hall–Kier alpha value is -4.03. The van der Waals surface area contributed by atoms with Crippen LogP contribution in [0.2, 0.25) is 5.02 Å². The van der Waals surface area contributed by atoms with Gasteiger partial charge in [-0.2, -0.15) is 4.98 Å². The molecule has 13 heteroatoms. The second kappa shape index (κ2) is 11.7. The number of amides is 1. The molecule has 0 saturated carbocycles. The van der Waals surface area contributed by atoms with Crippen molar-refractivity contribution in [3.05, 3.63) is 69.9 Å². The molecule has 0 aliphatic carbocycles. The summed E-state index contributed by atoms with van der Waals surface area (Å²) in [6, 6.07) is 3.57. The van der Waals surface area contributed by atoms with E-state index in [2.05, 4.69) is 21.5 Å². The maximum absolute atomic E-state index is 15.4. The molecule has 0 spiro atoms. The number of benzene rings is 1. The number of aromatic nitrogens is 5. The Bertz CT molecular complexity index is 1890. The van der Waals surface area contributed by atoms with Crippen LogP contribution in [-0.4, -0.2) is 71.3 Å². The molecule has 2 atom stereocenters. The molecule has 10 nitrogen and oxygen atoms in total. The molecule has 2 unspecified atom stereocenters. The van der Waals surface area contributed by atoms with Gasteiger partial charge in [-0.15, -0.1) is 11.8 Å². The van der Waals surface area contributed by atoms with E-state index in [4.69, 9.17) is 16.6 Å². The van der Waals surface area contributed by atoms with Crippen LogP contribution in [0.5, 0.6) is 5.75 Å². The number of hydrogen-bond donors (Lipinski definition) is 1. The van der Waals surface area contributed by atoms with Crippen molar-refractivity contribution < 1.29 is 14.3 Å². The Labute approximate surface area is 269 Å². The van der Waals surface area contributed by atoms with Crippen LogP contribution in [-0.2, 0) is 4.79 Å². The van der Waals surface area contributed by atoms with Gasteiger partial charge < -0.3 is 14.9 Å². The number of nitrogens with zero attached hydrogens (tertiary/aromatic N) is 7. The molecule has 5 heterocycles. The predicted molar refractivity (Wildman–Crippen MR) is 174 cm³/mol. The van der Waals surface area contributed by atoms with Gasteiger partial charge in [0.25, 0.3) is 0 Å². The van der Waals surface area contributed by atoms with E-state index in [0.717, 1.165) is 0 Å². The van der Waals surface area contributed by atoms with Gasteiger partial charge in [0, 0.05) is 29.8 Å². The quantitative estimate of drug-likeness (QED) is 0.273. The van der Waals surface area contributed by atoms with Crippen molar-refractivity contribution in [3.63, 3.8) is 0 Å². The Kier molecular flexibility index (Phi) is 8.07. The molecule has 45 heavy (non-hydrogen) atoms. The second-order valence-corrected chi connectivity index (χ2v) is 13.4. The summed E-state index contributed by atoms with van der Waals surface area (Å²) in [5.74, 6) is -0.521. The third-order valence-electron chi connectivity index (χ3n) is 8.32. The fraction of sp³-hybridized carbons (Fsp3) is 0.375. The van der Waals surface area contributed by atoms with E-state index < -0.39 is 11.5 Å². The van der Waals surface area contributed by atoms with Crippen LogP contribution in [0.1, 0.15) is 57.8 Å². The molecule has 3 aromatic heterocycles. The fourth-order valence-electron chi connectivity index (χ4n) is 6.16. The van der Waals surface area contributed by atoms with Gasteiger partial charge in [0.15, 0.2) is 5.65 Å². The Balaban J connectivity index is 1.74. The normalized spacial score (nSPS) is 18.0. The van der Waals surface area contributed by atoms with Crippen LogP contribution >= 0.6 is 23.4 Å². The fourth-order valence-corrected chi connectivity index (χ4v) is 7.75. The zero-order valence-corrected chi connectivity index (χ0v) is 27.2. The van der Waals surface area contributed by atoms with Crippen molar-refractivity contribution in [2.45, 2.75) is 63.4 Å². The van der Waals surface area contributed by atoms with E-state index in [0.29, 0.717) is 52.0 Å². The number of fused-ring (bicyclic) bond motifs is 2. The minimum Gasteiger partial charge on any atom is -0.507 e. The lowest BCUT2D eigenvalue weighted by Gasteiger charge is -2.45. The number of carbonyl (C=O) groups is 1. The van der Waals surface area contributed by atoms with E-state index in [1.165, 1.54) is 46.9 Å². The number of anilines is 1. The minimum atomic E-state index is -0.712. The molecule has 1 aromatic carbocycles. The molecule has 1 N–H and O–H groups in total. The van der Waals surface area contributed by atoms with E-state index in [-0.39, 0.29) is 57.5 Å².